The Balaban J connectivity index is 1.84. The molecule has 1 aromatic heterocycles. The van der Waals surface area contributed by atoms with Crippen molar-refractivity contribution in [2.75, 3.05) is 25.1 Å². The first kappa shape index (κ1) is 20.9. The number of piperidine rings is 2. The number of pyridine rings is 1. The zero-order valence-corrected chi connectivity index (χ0v) is 15.7. The number of nitrogens with zero attached hydrogens (tertiary/aromatic N) is 2. The monoisotopic (exact) mass is 413 g/mol. The third kappa shape index (κ3) is 3.86. The van der Waals surface area contributed by atoms with Crippen molar-refractivity contribution in [3.05, 3.63) is 29.5 Å². The lowest BCUT2D eigenvalue weighted by Gasteiger charge is -2.39. The molecule has 158 valence electrons. The number of anilines is 1. The van der Waals surface area contributed by atoms with Crippen LogP contribution in [0.4, 0.5) is 19.0 Å². The number of ether oxygens (including phenoxy) is 1. The second-order valence-corrected chi connectivity index (χ2v) is 7.09. The van der Waals surface area contributed by atoms with Gasteiger partial charge in [0.05, 0.1) is 19.1 Å². The minimum atomic E-state index is -5.14. The standard InChI is InChI=1S/C18H22F3N5O3/c1-29-13-4-2-3-11(24-13)26-7-5-10(6-8-26)15(22)14-16(23)25-12(27)9-17(14,28)18(19,20)21/h2-4,10,28H,5-9,22H2,1H3,(H2,23,25,27). The zero-order valence-electron chi connectivity index (χ0n) is 15.7. The molecule has 3 rings (SSSR count). The largest absolute Gasteiger partial charge is 0.481 e. The minimum absolute atomic E-state index is 0.215. The number of carbonyl (C=O) groups excluding carboxylic acids is 1. The van der Waals surface area contributed by atoms with Gasteiger partial charge in [-0.15, -0.1) is 0 Å². The second-order valence-electron chi connectivity index (χ2n) is 7.09. The summed E-state index contributed by atoms with van der Waals surface area (Å²) in [6.07, 6.45) is -5.55. The van der Waals surface area contributed by atoms with Crippen LogP contribution in [0.3, 0.4) is 0 Å². The van der Waals surface area contributed by atoms with Gasteiger partial charge in [-0.05, 0) is 18.9 Å². The predicted octanol–water partition coefficient (Wildman–Crippen LogP) is 1.31. The van der Waals surface area contributed by atoms with Crippen LogP contribution in [0.2, 0.25) is 0 Å². The summed E-state index contributed by atoms with van der Waals surface area (Å²) >= 11 is 0. The molecule has 2 fully saturated rings. The van der Waals surface area contributed by atoms with Gasteiger partial charge in [0.25, 0.3) is 0 Å². The summed E-state index contributed by atoms with van der Waals surface area (Å²) in [6, 6.07) is 5.30. The molecule has 0 aliphatic carbocycles. The van der Waals surface area contributed by atoms with Crippen molar-refractivity contribution in [1.82, 2.24) is 10.3 Å². The summed E-state index contributed by atoms with van der Waals surface area (Å²) in [7, 11) is 1.50. The molecular weight excluding hydrogens is 391 g/mol. The number of methoxy groups -OCH3 is 1. The van der Waals surface area contributed by atoms with E-state index in [0.29, 0.717) is 37.6 Å². The van der Waals surface area contributed by atoms with Crippen LogP contribution in [0.25, 0.3) is 0 Å². The average Bonchev–Trinajstić information content (AvgIpc) is 2.66. The highest BCUT2D eigenvalue weighted by molar-refractivity contribution is 6.11. The summed E-state index contributed by atoms with van der Waals surface area (Å²) in [6.45, 7) is 0.950. The molecule has 3 heterocycles. The van der Waals surface area contributed by atoms with Gasteiger partial charge in [-0.2, -0.15) is 18.2 Å². The molecule has 0 spiro atoms. The van der Waals surface area contributed by atoms with E-state index in [0.717, 1.165) is 0 Å². The van der Waals surface area contributed by atoms with Crippen molar-refractivity contribution in [3.8, 4) is 5.88 Å². The molecule has 1 unspecified atom stereocenters. The van der Waals surface area contributed by atoms with Crippen molar-refractivity contribution in [2.24, 2.45) is 11.7 Å². The number of hydrogen-bond donors (Lipinski definition) is 4. The summed E-state index contributed by atoms with van der Waals surface area (Å²) in [4.78, 5) is 17.8. The Hall–Kier alpha value is -2.82. The number of halogens is 3. The van der Waals surface area contributed by atoms with E-state index in [2.05, 4.69) is 4.98 Å². The van der Waals surface area contributed by atoms with Crippen LogP contribution in [0.5, 0.6) is 5.88 Å². The SMILES string of the molecule is COc1cccc(N2CCC(C(N)=C3C(=N)NC(=O)CC3(O)C(F)(F)F)CC2)n1. The quantitative estimate of drug-likeness (QED) is 0.592. The second kappa shape index (κ2) is 7.54. The molecule has 0 bridgehead atoms. The first-order chi connectivity index (χ1) is 13.6. The fraction of sp³-hybridized carbons (Fsp3) is 0.500. The van der Waals surface area contributed by atoms with Crippen LogP contribution in [-0.4, -0.2) is 53.8 Å². The van der Waals surface area contributed by atoms with Crippen LogP contribution in [-0.2, 0) is 4.79 Å². The molecule has 1 aromatic rings. The number of aliphatic hydroxyl groups is 1. The number of amidine groups is 1. The molecular formula is C18H22F3N5O3. The van der Waals surface area contributed by atoms with Crippen molar-refractivity contribution < 1.29 is 27.8 Å². The maximum atomic E-state index is 13.6. The van der Waals surface area contributed by atoms with Gasteiger partial charge < -0.3 is 25.8 Å². The van der Waals surface area contributed by atoms with E-state index in [4.69, 9.17) is 15.9 Å². The third-order valence-electron chi connectivity index (χ3n) is 5.28. The Bertz CT molecular complexity index is 849. The van der Waals surface area contributed by atoms with Crippen LogP contribution in [0.1, 0.15) is 19.3 Å². The number of hydrogen-bond acceptors (Lipinski definition) is 7. The van der Waals surface area contributed by atoms with Crippen molar-refractivity contribution in [3.63, 3.8) is 0 Å². The third-order valence-corrected chi connectivity index (χ3v) is 5.28. The highest BCUT2D eigenvalue weighted by Crippen LogP contribution is 2.43. The Labute approximate surface area is 165 Å². The number of nitrogens with one attached hydrogen (secondary N) is 2. The zero-order chi connectivity index (χ0) is 21.4. The van der Waals surface area contributed by atoms with Crippen molar-refractivity contribution in [2.45, 2.75) is 31.0 Å². The molecule has 0 aromatic carbocycles. The smallest absolute Gasteiger partial charge is 0.422 e. The van der Waals surface area contributed by atoms with Gasteiger partial charge in [-0.3, -0.25) is 10.2 Å². The first-order valence-corrected chi connectivity index (χ1v) is 9.01. The van der Waals surface area contributed by atoms with E-state index in [1.54, 1.807) is 18.2 Å². The van der Waals surface area contributed by atoms with Gasteiger partial charge in [0, 0.05) is 30.8 Å². The van der Waals surface area contributed by atoms with Gasteiger partial charge in [-0.1, -0.05) is 6.07 Å². The minimum Gasteiger partial charge on any atom is -0.481 e. The highest BCUT2D eigenvalue weighted by Gasteiger charge is 2.61. The Morgan fingerprint density at radius 2 is 2.07 bits per heavy atom. The molecule has 1 amide bonds. The van der Waals surface area contributed by atoms with Gasteiger partial charge >= 0.3 is 6.18 Å². The summed E-state index contributed by atoms with van der Waals surface area (Å²) in [5.74, 6) is -1.23. The molecule has 11 heteroatoms. The van der Waals surface area contributed by atoms with E-state index in [-0.39, 0.29) is 5.70 Å². The van der Waals surface area contributed by atoms with Gasteiger partial charge in [0.15, 0.2) is 5.60 Å². The van der Waals surface area contributed by atoms with Crippen LogP contribution >= 0.6 is 0 Å². The number of amides is 1. The van der Waals surface area contributed by atoms with E-state index in [1.165, 1.54) is 7.11 Å². The summed E-state index contributed by atoms with van der Waals surface area (Å²) < 4.78 is 45.8. The molecule has 0 radical (unpaired) electrons. The lowest BCUT2D eigenvalue weighted by atomic mass is 9.79. The molecule has 2 aliphatic heterocycles. The number of aromatic nitrogens is 1. The number of allylic oxidation sites excluding steroid dienone is 1. The number of alkyl halides is 3. The number of rotatable bonds is 3. The number of carbonyl (C=O) groups is 1. The number of nitrogens with two attached hydrogens (primary N) is 1. The topological polar surface area (TPSA) is 125 Å². The van der Waals surface area contributed by atoms with E-state index in [9.17, 15) is 23.1 Å². The molecule has 2 saturated heterocycles. The van der Waals surface area contributed by atoms with Crippen LogP contribution < -0.4 is 20.7 Å². The first-order valence-electron chi connectivity index (χ1n) is 9.01. The van der Waals surface area contributed by atoms with Gasteiger partial charge in [0.1, 0.15) is 11.7 Å². The van der Waals surface area contributed by atoms with Crippen LogP contribution in [0, 0.1) is 11.3 Å². The fourth-order valence-electron chi connectivity index (χ4n) is 3.72. The van der Waals surface area contributed by atoms with Crippen LogP contribution in [0.15, 0.2) is 29.5 Å². The fourth-order valence-corrected chi connectivity index (χ4v) is 3.72. The van der Waals surface area contributed by atoms with Crippen molar-refractivity contribution >= 4 is 17.6 Å². The lowest BCUT2D eigenvalue weighted by Crippen LogP contribution is -2.59. The molecule has 1 atom stereocenters. The molecule has 2 aliphatic rings. The van der Waals surface area contributed by atoms with Crippen molar-refractivity contribution in [1.29, 1.82) is 5.41 Å². The normalized spacial score (nSPS) is 25.6. The Morgan fingerprint density at radius 1 is 1.41 bits per heavy atom. The summed E-state index contributed by atoms with van der Waals surface area (Å²) in [5, 5.41) is 20.2. The Morgan fingerprint density at radius 3 is 2.66 bits per heavy atom. The summed E-state index contributed by atoms with van der Waals surface area (Å²) in [5.41, 5.74) is 1.59. The lowest BCUT2D eigenvalue weighted by molar-refractivity contribution is -0.244. The van der Waals surface area contributed by atoms with Gasteiger partial charge in [-0.25, -0.2) is 0 Å². The molecule has 8 nitrogen and oxygen atoms in total. The Kier molecular flexibility index (Phi) is 5.44. The highest BCUT2D eigenvalue weighted by atomic mass is 19.4. The molecule has 0 saturated carbocycles. The van der Waals surface area contributed by atoms with E-state index in [1.807, 2.05) is 10.2 Å². The van der Waals surface area contributed by atoms with E-state index >= 15 is 0 Å². The van der Waals surface area contributed by atoms with E-state index < -0.39 is 41.4 Å². The van der Waals surface area contributed by atoms with Gasteiger partial charge in [0.2, 0.25) is 11.8 Å². The maximum absolute atomic E-state index is 13.6. The molecule has 5 N–H and O–H groups in total. The molecule has 29 heavy (non-hydrogen) atoms. The maximum Gasteiger partial charge on any atom is 0.422 e. The average molecular weight is 413 g/mol. The predicted molar refractivity (Wildman–Crippen MR) is 98.4 cm³/mol.